The molecule has 0 saturated carbocycles. The highest BCUT2D eigenvalue weighted by molar-refractivity contribution is 5.94. The third-order valence-corrected chi connectivity index (χ3v) is 3.81. The number of nitrogens with one attached hydrogen (secondary N) is 2. The molecule has 4 heteroatoms. The van der Waals surface area contributed by atoms with Gasteiger partial charge in [-0.05, 0) is 36.6 Å². The van der Waals surface area contributed by atoms with Crippen LogP contribution in [0.2, 0.25) is 0 Å². The van der Waals surface area contributed by atoms with Crippen LogP contribution >= 0.6 is 0 Å². The van der Waals surface area contributed by atoms with E-state index in [1.54, 1.807) is 6.20 Å². The number of amides is 1. The zero-order valence-electron chi connectivity index (χ0n) is 13.9. The predicted molar refractivity (Wildman–Crippen MR) is 94.6 cm³/mol. The van der Waals surface area contributed by atoms with E-state index in [4.69, 9.17) is 0 Å². The summed E-state index contributed by atoms with van der Waals surface area (Å²) in [6.07, 6.45) is 5.17. The number of rotatable bonds is 8. The van der Waals surface area contributed by atoms with Crippen molar-refractivity contribution in [3.8, 4) is 0 Å². The van der Waals surface area contributed by atoms with E-state index in [0.717, 1.165) is 24.3 Å². The maximum Gasteiger partial charge on any atom is 0.253 e. The summed E-state index contributed by atoms with van der Waals surface area (Å²) in [5.74, 6) is 0.717. The third-order valence-electron chi connectivity index (χ3n) is 3.81. The molecule has 1 amide bonds. The van der Waals surface area contributed by atoms with Gasteiger partial charge >= 0.3 is 0 Å². The summed E-state index contributed by atoms with van der Waals surface area (Å²) < 4.78 is 0. The first-order valence-electron chi connectivity index (χ1n) is 8.23. The molecule has 0 atom stereocenters. The van der Waals surface area contributed by atoms with Gasteiger partial charge in [0.25, 0.3) is 5.91 Å². The van der Waals surface area contributed by atoms with Crippen LogP contribution in [0.1, 0.15) is 47.7 Å². The van der Waals surface area contributed by atoms with Crippen molar-refractivity contribution >= 4 is 11.7 Å². The molecular formula is C19H25N3O. The Bertz CT molecular complexity index is 623. The normalized spacial score (nSPS) is 10.3. The lowest BCUT2D eigenvalue weighted by Crippen LogP contribution is -2.23. The van der Waals surface area contributed by atoms with E-state index >= 15 is 0 Å². The number of pyridine rings is 1. The Hall–Kier alpha value is -2.36. The van der Waals surface area contributed by atoms with Crippen LogP contribution in [0.25, 0.3) is 0 Å². The quantitative estimate of drug-likeness (QED) is 0.726. The number of hydrogen-bond donors (Lipinski definition) is 2. The lowest BCUT2D eigenvalue weighted by atomic mass is 10.1. The van der Waals surface area contributed by atoms with Gasteiger partial charge in [0.1, 0.15) is 5.82 Å². The number of hydrogen-bond acceptors (Lipinski definition) is 3. The topological polar surface area (TPSA) is 54.0 Å². The van der Waals surface area contributed by atoms with Gasteiger partial charge in [-0.3, -0.25) is 4.79 Å². The minimum Gasteiger partial charge on any atom is -0.370 e. The van der Waals surface area contributed by atoms with Crippen LogP contribution < -0.4 is 10.6 Å². The molecule has 0 aliphatic heterocycles. The van der Waals surface area contributed by atoms with Crippen molar-refractivity contribution in [2.75, 3.05) is 11.9 Å². The fourth-order valence-corrected chi connectivity index (χ4v) is 2.31. The van der Waals surface area contributed by atoms with Crippen LogP contribution in [0.5, 0.6) is 0 Å². The Kier molecular flexibility index (Phi) is 6.60. The van der Waals surface area contributed by atoms with E-state index in [9.17, 15) is 4.79 Å². The summed E-state index contributed by atoms with van der Waals surface area (Å²) in [5, 5.41) is 6.20. The second-order valence-electron chi connectivity index (χ2n) is 5.68. The van der Waals surface area contributed by atoms with Gasteiger partial charge in [-0.1, -0.05) is 44.0 Å². The summed E-state index contributed by atoms with van der Waals surface area (Å²) >= 11 is 0. The van der Waals surface area contributed by atoms with Crippen LogP contribution in [-0.4, -0.2) is 17.4 Å². The second-order valence-corrected chi connectivity index (χ2v) is 5.68. The molecule has 0 radical (unpaired) electrons. The summed E-state index contributed by atoms with van der Waals surface area (Å²) in [4.78, 5) is 16.5. The largest absolute Gasteiger partial charge is 0.370 e. The van der Waals surface area contributed by atoms with E-state index in [0.29, 0.717) is 12.1 Å². The zero-order valence-corrected chi connectivity index (χ0v) is 13.9. The van der Waals surface area contributed by atoms with Crippen molar-refractivity contribution in [2.45, 2.75) is 39.7 Å². The van der Waals surface area contributed by atoms with Gasteiger partial charge in [-0.15, -0.1) is 0 Å². The summed E-state index contributed by atoms with van der Waals surface area (Å²) in [6, 6.07) is 11.7. The van der Waals surface area contributed by atoms with Gasteiger partial charge in [0.05, 0.1) is 5.56 Å². The molecule has 2 N–H and O–H groups in total. The monoisotopic (exact) mass is 311 g/mol. The van der Waals surface area contributed by atoms with Crippen LogP contribution in [0, 0.1) is 6.92 Å². The molecule has 0 fully saturated rings. The fraction of sp³-hybridized carbons (Fsp3) is 0.368. The Morgan fingerprint density at radius 1 is 1.13 bits per heavy atom. The SMILES string of the molecule is CCCCCNc1ccc(C(=O)NCc2ccccc2C)cn1. The summed E-state index contributed by atoms with van der Waals surface area (Å²) in [6.45, 7) is 5.67. The van der Waals surface area contributed by atoms with E-state index in [-0.39, 0.29) is 5.91 Å². The van der Waals surface area contributed by atoms with Crippen LogP contribution in [0.3, 0.4) is 0 Å². The first-order valence-corrected chi connectivity index (χ1v) is 8.23. The molecule has 23 heavy (non-hydrogen) atoms. The molecule has 1 aromatic carbocycles. The van der Waals surface area contributed by atoms with Crippen molar-refractivity contribution in [1.29, 1.82) is 0 Å². The van der Waals surface area contributed by atoms with Crippen molar-refractivity contribution in [1.82, 2.24) is 10.3 Å². The first kappa shape index (κ1) is 17.0. The molecule has 2 rings (SSSR count). The molecule has 2 aromatic rings. The molecule has 0 aliphatic rings. The molecule has 1 heterocycles. The fourth-order valence-electron chi connectivity index (χ4n) is 2.31. The predicted octanol–water partition coefficient (Wildman–Crippen LogP) is 3.92. The third kappa shape index (κ3) is 5.40. The number of carbonyl (C=O) groups excluding carboxylic acids is 1. The lowest BCUT2D eigenvalue weighted by molar-refractivity contribution is 0.0950. The van der Waals surface area contributed by atoms with E-state index < -0.39 is 0 Å². The highest BCUT2D eigenvalue weighted by atomic mass is 16.1. The number of anilines is 1. The van der Waals surface area contributed by atoms with Crippen molar-refractivity contribution in [3.05, 3.63) is 59.3 Å². The standard InChI is InChI=1S/C19H25N3O/c1-3-4-7-12-20-18-11-10-17(14-21-18)19(23)22-13-16-9-6-5-8-15(16)2/h5-6,8-11,14H,3-4,7,12-13H2,1-2H3,(H,20,21)(H,22,23). The Balaban J connectivity index is 1.84. The van der Waals surface area contributed by atoms with Crippen molar-refractivity contribution in [2.24, 2.45) is 0 Å². The number of aryl methyl sites for hydroxylation is 1. The molecular weight excluding hydrogens is 286 g/mol. The molecule has 1 aromatic heterocycles. The molecule has 0 bridgehead atoms. The molecule has 4 nitrogen and oxygen atoms in total. The van der Waals surface area contributed by atoms with Crippen LogP contribution in [-0.2, 0) is 6.54 Å². The minimum atomic E-state index is -0.0988. The Morgan fingerprint density at radius 3 is 2.65 bits per heavy atom. The number of nitrogens with zero attached hydrogens (tertiary/aromatic N) is 1. The van der Waals surface area contributed by atoms with E-state index in [2.05, 4.69) is 22.5 Å². The summed E-state index contributed by atoms with van der Waals surface area (Å²) in [5.41, 5.74) is 2.89. The van der Waals surface area contributed by atoms with E-state index in [1.165, 1.54) is 18.4 Å². The first-order chi connectivity index (χ1) is 11.2. The summed E-state index contributed by atoms with van der Waals surface area (Å²) in [7, 11) is 0. The van der Waals surface area contributed by atoms with Crippen molar-refractivity contribution in [3.63, 3.8) is 0 Å². The molecule has 0 unspecified atom stereocenters. The van der Waals surface area contributed by atoms with Crippen LogP contribution in [0.15, 0.2) is 42.6 Å². The molecule has 0 saturated heterocycles. The average molecular weight is 311 g/mol. The van der Waals surface area contributed by atoms with Gasteiger partial charge in [0, 0.05) is 19.3 Å². The zero-order chi connectivity index (χ0) is 16.5. The maximum absolute atomic E-state index is 12.2. The van der Waals surface area contributed by atoms with Gasteiger partial charge in [0.2, 0.25) is 0 Å². The van der Waals surface area contributed by atoms with Gasteiger partial charge in [0.15, 0.2) is 0 Å². The average Bonchev–Trinajstić information content (AvgIpc) is 2.58. The lowest BCUT2D eigenvalue weighted by Gasteiger charge is -2.09. The van der Waals surface area contributed by atoms with Gasteiger partial charge in [-0.25, -0.2) is 4.98 Å². The highest BCUT2D eigenvalue weighted by Gasteiger charge is 2.06. The van der Waals surface area contributed by atoms with Crippen LogP contribution in [0.4, 0.5) is 5.82 Å². The second kappa shape index (κ2) is 8.93. The minimum absolute atomic E-state index is 0.0988. The Labute approximate surface area is 138 Å². The molecule has 0 aliphatic carbocycles. The maximum atomic E-state index is 12.2. The van der Waals surface area contributed by atoms with E-state index in [1.807, 2.05) is 43.3 Å². The number of benzene rings is 1. The molecule has 122 valence electrons. The smallest absolute Gasteiger partial charge is 0.253 e. The Morgan fingerprint density at radius 2 is 1.96 bits per heavy atom. The highest BCUT2D eigenvalue weighted by Crippen LogP contribution is 2.08. The van der Waals surface area contributed by atoms with Gasteiger partial charge in [-0.2, -0.15) is 0 Å². The van der Waals surface area contributed by atoms with Gasteiger partial charge < -0.3 is 10.6 Å². The number of carbonyl (C=O) groups is 1. The molecule has 0 spiro atoms. The number of aromatic nitrogens is 1. The van der Waals surface area contributed by atoms with Crippen molar-refractivity contribution < 1.29 is 4.79 Å². The number of unbranched alkanes of at least 4 members (excludes halogenated alkanes) is 2.